The molecular formula is C22H25BrN2O5S. The zero-order valence-corrected chi connectivity index (χ0v) is 19.9. The van der Waals surface area contributed by atoms with Crippen LogP contribution < -0.4 is 15.0 Å². The predicted molar refractivity (Wildman–Crippen MR) is 122 cm³/mol. The van der Waals surface area contributed by atoms with Crippen molar-refractivity contribution in [2.75, 3.05) is 24.3 Å². The highest BCUT2D eigenvalue weighted by Crippen LogP contribution is 2.36. The molecule has 1 N–H and O–H groups in total. The minimum Gasteiger partial charge on any atom is -0.497 e. The van der Waals surface area contributed by atoms with Crippen LogP contribution in [0.2, 0.25) is 0 Å². The number of methoxy groups -OCH3 is 1. The van der Waals surface area contributed by atoms with Gasteiger partial charge in [-0.2, -0.15) is 0 Å². The van der Waals surface area contributed by atoms with Crippen molar-refractivity contribution < 1.29 is 22.7 Å². The number of hydrogen-bond donors (Lipinski definition) is 1. The number of carbonyl (C=O) groups excluding carboxylic acids is 2. The molecule has 166 valence electrons. The number of benzene rings is 2. The third kappa shape index (κ3) is 5.46. The molecule has 2 aromatic rings. The molecule has 0 aromatic heterocycles. The van der Waals surface area contributed by atoms with E-state index in [0.717, 1.165) is 16.9 Å². The SMILES string of the molecule is CCC(=O)N1CCc2cc(Br)c(S(=O)(=O)CCC(=O)NCc3ccc(OC)cc3)cc21. The summed E-state index contributed by atoms with van der Waals surface area (Å²) in [7, 11) is -2.14. The normalized spacial score (nSPS) is 13.1. The highest BCUT2D eigenvalue weighted by atomic mass is 79.9. The summed E-state index contributed by atoms with van der Waals surface area (Å²) in [6.07, 6.45) is 0.888. The number of anilines is 1. The van der Waals surface area contributed by atoms with Crippen LogP contribution in [-0.4, -0.2) is 39.6 Å². The van der Waals surface area contributed by atoms with E-state index in [1.807, 2.05) is 12.1 Å². The molecule has 0 saturated carbocycles. The Balaban J connectivity index is 1.65. The van der Waals surface area contributed by atoms with Gasteiger partial charge in [0, 0.05) is 36.1 Å². The minimum absolute atomic E-state index is 0.0395. The molecule has 7 nitrogen and oxygen atoms in total. The van der Waals surface area contributed by atoms with E-state index in [2.05, 4.69) is 21.2 Å². The molecule has 1 aliphatic heterocycles. The van der Waals surface area contributed by atoms with Crippen LogP contribution >= 0.6 is 15.9 Å². The average molecular weight is 509 g/mol. The van der Waals surface area contributed by atoms with E-state index in [9.17, 15) is 18.0 Å². The van der Waals surface area contributed by atoms with E-state index in [1.54, 1.807) is 43.2 Å². The largest absolute Gasteiger partial charge is 0.497 e. The van der Waals surface area contributed by atoms with Gasteiger partial charge < -0.3 is 15.0 Å². The molecule has 0 atom stereocenters. The number of amides is 2. The van der Waals surface area contributed by atoms with E-state index in [4.69, 9.17) is 4.74 Å². The van der Waals surface area contributed by atoms with Crippen LogP contribution in [0.1, 0.15) is 30.9 Å². The van der Waals surface area contributed by atoms with Gasteiger partial charge in [0.25, 0.3) is 0 Å². The Morgan fingerprint density at radius 3 is 2.55 bits per heavy atom. The lowest BCUT2D eigenvalue weighted by atomic mass is 10.2. The van der Waals surface area contributed by atoms with Crippen molar-refractivity contribution >= 4 is 43.3 Å². The number of nitrogens with zero attached hydrogens (tertiary/aromatic N) is 1. The molecule has 1 heterocycles. The van der Waals surface area contributed by atoms with E-state index in [-0.39, 0.29) is 28.9 Å². The third-order valence-corrected chi connectivity index (χ3v) is 7.88. The smallest absolute Gasteiger partial charge is 0.226 e. The summed E-state index contributed by atoms with van der Waals surface area (Å²) in [5.74, 6) is 0.0164. The lowest BCUT2D eigenvalue weighted by Crippen LogP contribution is -2.28. The van der Waals surface area contributed by atoms with Gasteiger partial charge in [0.1, 0.15) is 5.75 Å². The first kappa shape index (κ1) is 23.3. The van der Waals surface area contributed by atoms with Gasteiger partial charge in [0.05, 0.1) is 17.8 Å². The summed E-state index contributed by atoms with van der Waals surface area (Å²) in [6, 6.07) is 10.6. The highest BCUT2D eigenvalue weighted by molar-refractivity contribution is 9.10. The second kappa shape index (κ2) is 9.82. The maximum atomic E-state index is 12.9. The average Bonchev–Trinajstić information content (AvgIpc) is 3.18. The number of ether oxygens (including phenoxy) is 1. The Morgan fingerprint density at radius 1 is 1.19 bits per heavy atom. The number of nitrogens with one attached hydrogen (secondary N) is 1. The van der Waals surface area contributed by atoms with E-state index < -0.39 is 9.84 Å². The molecule has 0 saturated heterocycles. The highest BCUT2D eigenvalue weighted by Gasteiger charge is 2.28. The molecule has 0 aliphatic carbocycles. The summed E-state index contributed by atoms with van der Waals surface area (Å²) in [6.45, 7) is 2.63. The van der Waals surface area contributed by atoms with Crippen LogP contribution in [0.4, 0.5) is 5.69 Å². The molecule has 0 spiro atoms. The fourth-order valence-corrected chi connectivity index (χ4v) is 5.90. The Kier molecular flexibility index (Phi) is 7.38. The van der Waals surface area contributed by atoms with Crippen molar-refractivity contribution in [2.45, 2.75) is 37.6 Å². The third-order valence-electron chi connectivity index (χ3n) is 5.21. The molecule has 9 heteroatoms. The predicted octanol–water partition coefficient (Wildman–Crippen LogP) is 3.24. The number of rotatable bonds is 8. The molecule has 2 amide bonds. The minimum atomic E-state index is -3.72. The fraction of sp³-hybridized carbons (Fsp3) is 0.364. The molecule has 3 rings (SSSR count). The van der Waals surface area contributed by atoms with Crippen LogP contribution in [-0.2, 0) is 32.4 Å². The van der Waals surface area contributed by atoms with Crippen molar-refractivity contribution in [1.29, 1.82) is 0 Å². The molecule has 0 radical (unpaired) electrons. The Morgan fingerprint density at radius 2 is 1.90 bits per heavy atom. The lowest BCUT2D eigenvalue weighted by molar-refractivity contribution is -0.121. The Bertz CT molecular complexity index is 1080. The van der Waals surface area contributed by atoms with E-state index in [1.165, 1.54) is 0 Å². The van der Waals surface area contributed by atoms with Gasteiger partial charge in [-0.1, -0.05) is 19.1 Å². The molecule has 31 heavy (non-hydrogen) atoms. The van der Waals surface area contributed by atoms with Gasteiger partial charge in [-0.05, 0) is 57.7 Å². The van der Waals surface area contributed by atoms with E-state index in [0.29, 0.717) is 36.1 Å². The van der Waals surface area contributed by atoms with Crippen molar-refractivity contribution in [3.05, 3.63) is 52.0 Å². The van der Waals surface area contributed by atoms with Crippen molar-refractivity contribution in [3.63, 3.8) is 0 Å². The first-order chi connectivity index (χ1) is 14.7. The van der Waals surface area contributed by atoms with Crippen molar-refractivity contribution in [2.24, 2.45) is 0 Å². The van der Waals surface area contributed by atoms with E-state index >= 15 is 0 Å². The van der Waals surface area contributed by atoms with Crippen LogP contribution in [0.25, 0.3) is 0 Å². The number of carbonyl (C=O) groups is 2. The second-order valence-corrected chi connectivity index (χ2v) is 10.2. The zero-order chi connectivity index (χ0) is 22.6. The first-order valence-electron chi connectivity index (χ1n) is 10.0. The summed E-state index contributed by atoms with van der Waals surface area (Å²) < 4.78 is 31.4. The van der Waals surface area contributed by atoms with Gasteiger partial charge >= 0.3 is 0 Å². The molecule has 0 fully saturated rings. The van der Waals surface area contributed by atoms with Gasteiger partial charge in [-0.15, -0.1) is 0 Å². The Labute approximate surface area is 190 Å². The number of hydrogen-bond acceptors (Lipinski definition) is 5. The van der Waals surface area contributed by atoms with Crippen LogP contribution in [0.15, 0.2) is 45.8 Å². The summed E-state index contributed by atoms with van der Waals surface area (Å²) in [5, 5.41) is 2.74. The molecule has 1 aliphatic rings. The van der Waals surface area contributed by atoms with Crippen LogP contribution in [0.5, 0.6) is 5.75 Å². The standard InChI is InChI=1S/C22H25BrN2O5S/c1-3-22(27)25-10-8-16-12-18(23)20(13-19(16)25)31(28,29)11-9-21(26)24-14-15-4-6-17(30-2)7-5-15/h4-7,12-13H,3,8-11,14H2,1-2H3,(H,24,26). The second-order valence-electron chi connectivity index (χ2n) is 7.25. The van der Waals surface area contributed by atoms with Gasteiger partial charge in [0.2, 0.25) is 11.8 Å². The van der Waals surface area contributed by atoms with Crippen molar-refractivity contribution in [3.8, 4) is 5.75 Å². The lowest BCUT2D eigenvalue weighted by Gasteiger charge is -2.18. The summed E-state index contributed by atoms with van der Waals surface area (Å²) in [5.41, 5.74) is 2.46. The molecule has 0 unspecified atom stereocenters. The quantitative estimate of drug-likeness (QED) is 0.590. The summed E-state index contributed by atoms with van der Waals surface area (Å²) >= 11 is 3.35. The van der Waals surface area contributed by atoms with Crippen LogP contribution in [0.3, 0.4) is 0 Å². The number of sulfone groups is 1. The topological polar surface area (TPSA) is 92.8 Å². The Hall–Kier alpha value is -2.39. The molecular weight excluding hydrogens is 484 g/mol. The number of fused-ring (bicyclic) bond motifs is 1. The first-order valence-corrected chi connectivity index (χ1v) is 12.4. The monoisotopic (exact) mass is 508 g/mol. The maximum absolute atomic E-state index is 12.9. The summed E-state index contributed by atoms with van der Waals surface area (Å²) in [4.78, 5) is 26.1. The fourth-order valence-electron chi connectivity index (χ4n) is 3.45. The van der Waals surface area contributed by atoms with Crippen molar-refractivity contribution in [1.82, 2.24) is 5.32 Å². The maximum Gasteiger partial charge on any atom is 0.226 e. The molecule has 0 bridgehead atoms. The van der Waals surface area contributed by atoms with Crippen LogP contribution in [0, 0.1) is 0 Å². The van der Waals surface area contributed by atoms with Gasteiger partial charge in [-0.3, -0.25) is 9.59 Å². The number of halogens is 1. The zero-order valence-electron chi connectivity index (χ0n) is 17.5. The van der Waals surface area contributed by atoms with Gasteiger partial charge in [0.15, 0.2) is 9.84 Å². The van der Waals surface area contributed by atoms with Gasteiger partial charge in [-0.25, -0.2) is 8.42 Å². The molecule has 2 aromatic carbocycles.